The summed E-state index contributed by atoms with van der Waals surface area (Å²) in [5.41, 5.74) is 1.04. The Hall–Kier alpha value is -1.47. The Morgan fingerprint density at radius 2 is 2.00 bits per heavy atom. The topological polar surface area (TPSA) is 44.4 Å². The molecular formula is C12H15ClF3N3O. The molecule has 0 spiro atoms. The van der Waals surface area contributed by atoms with Gasteiger partial charge in [0, 0.05) is 14.1 Å². The fourth-order valence-corrected chi connectivity index (χ4v) is 1.93. The first-order valence-electron chi connectivity index (χ1n) is 5.74. The number of rotatable bonds is 5. The van der Waals surface area contributed by atoms with Crippen molar-refractivity contribution in [3.8, 4) is 0 Å². The van der Waals surface area contributed by atoms with Crippen LogP contribution < -0.4 is 15.5 Å². The molecule has 0 radical (unpaired) electrons. The molecule has 0 saturated carbocycles. The van der Waals surface area contributed by atoms with Crippen LogP contribution in [-0.2, 0) is 4.79 Å². The van der Waals surface area contributed by atoms with Crippen molar-refractivity contribution >= 4 is 28.9 Å². The second-order valence-electron chi connectivity index (χ2n) is 4.30. The minimum Gasteiger partial charge on any atom is -0.375 e. The summed E-state index contributed by atoms with van der Waals surface area (Å²) in [7, 11) is 3.50. The molecule has 20 heavy (non-hydrogen) atoms. The van der Waals surface area contributed by atoms with Crippen LogP contribution in [-0.4, -0.2) is 39.3 Å². The fourth-order valence-electron chi connectivity index (χ4n) is 1.58. The normalized spacial score (nSPS) is 11.3. The van der Waals surface area contributed by atoms with Gasteiger partial charge in [-0.2, -0.15) is 13.2 Å². The Morgan fingerprint density at radius 1 is 1.35 bits per heavy atom. The summed E-state index contributed by atoms with van der Waals surface area (Å²) in [6.07, 6.45) is -4.34. The molecule has 0 aliphatic rings. The third-order valence-corrected chi connectivity index (χ3v) is 2.62. The number of alkyl halides is 3. The number of carbonyl (C=O) groups excluding carboxylic acids is 1. The molecule has 112 valence electrons. The number of para-hydroxylation sites is 1. The summed E-state index contributed by atoms with van der Waals surface area (Å²) in [5.74, 6) is -0.570. The number of nitrogens with one attached hydrogen (secondary N) is 2. The lowest BCUT2D eigenvalue weighted by Gasteiger charge is -2.19. The zero-order valence-electron chi connectivity index (χ0n) is 11.0. The SMILES string of the molecule is CN(C)c1c(Cl)cccc1NC(=O)CNCC(F)(F)F. The Labute approximate surface area is 119 Å². The first kappa shape index (κ1) is 16.6. The average Bonchev–Trinajstić information content (AvgIpc) is 2.26. The highest BCUT2D eigenvalue weighted by Gasteiger charge is 2.26. The lowest BCUT2D eigenvalue weighted by Crippen LogP contribution is -2.35. The van der Waals surface area contributed by atoms with Gasteiger partial charge in [0.15, 0.2) is 0 Å². The second kappa shape index (κ2) is 6.81. The molecule has 0 unspecified atom stereocenters. The zero-order valence-corrected chi connectivity index (χ0v) is 11.8. The number of carbonyl (C=O) groups is 1. The van der Waals surface area contributed by atoms with Crippen molar-refractivity contribution in [2.75, 3.05) is 37.4 Å². The van der Waals surface area contributed by atoms with Gasteiger partial charge in [0.25, 0.3) is 0 Å². The van der Waals surface area contributed by atoms with Gasteiger partial charge in [-0.3, -0.25) is 4.79 Å². The van der Waals surface area contributed by atoms with Gasteiger partial charge >= 0.3 is 6.18 Å². The molecule has 0 aliphatic carbocycles. The predicted octanol–water partition coefficient (Wildman–Crippen LogP) is 2.50. The number of benzene rings is 1. The van der Waals surface area contributed by atoms with Crippen molar-refractivity contribution in [1.82, 2.24) is 5.32 Å². The van der Waals surface area contributed by atoms with E-state index in [1.54, 1.807) is 37.2 Å². The Morgan fingerprint density at radius 3 is 2.55 bits per heavy atom. The molecule has 1 aromatic rings. The highest BCUT2D eigenvalue weighted by molar-refractivity contribution is 6.34. The number of nitrogens with zero attached hydrogens (tertiary/aromatic N) is 1. The zero-order chi connectivity index (χ0) is 15.3. The largest absolute Gasteiger partial charge is 0.401 e. The molecule has 0 fully saturated rings. The van der Waals surface area contributed by atoms with Gasteiger partial charge in [-0.25, -0.2) is 0 Å². The first-order valence-corrected chi connectivity index (χ1v) is 6.11. The van der Waals surface area contributed by atoms with Crippen molar-refractivity contribution in [2.24, 2.45) is 0 Å². The Balaban J connectivity index is 2.65. The van der Waals surface area contributed by atoms with E-state index in [1.165, 1.54) is 0 Å². The summed E-state index contributed by atoms with van der Waals surface area (Å²) in [6, 6.07) is 4.94. The molecule has 1 rings (SSSR count). The molecule has 0 bridgehead atoms. The predicted molar refractivity (Wildman–Crippen MR) is 73.3 cm³/mol. The monoisotopic (exact) mass is 309 g/mol. The van der Waals surface area contributed by atoms with Crippen molar-refractivity contribution in [3.63, 3.8) is 0 Å². The summed E-state index contributed by atoms with van der Waals surface area (Å²) < 4.78 is 35.8. The van der Waals surface area contributed by atoms with Gasteiger partial charge in [-0.1, -0.05) is 17.7 Å². The van der Waals surface area contributed by atoms with E-state index in [0.717, 1.165) is 0 Å². The molecule has 1 aromatic carbocycles. The quantitative estimate of drug-likeness (QED) is 0.878. The molecule has 0 aromatic heterocycles. The van der Waals surface area contributed by atoms with Gasteiger partial charge in [0.05, 0.1) is 29.5 Å². The van der Waals surface area contributed by atoms with E-state index >= 15 is 0 Å². The lowest BCUT2D eigenvalue weighted by molar-refractivity contribution is -0.126. The van der Waals surface area contributed by atoms with E-state index in [2.05, 4.69) is 5.32 Å². The van der Waals surface area contributed by atoms with Crippen molar-refractivity contribution in [2.45, 2.75) is 6.18 Å². The van der Waals surface area contributed by atoms with Crippen LogP contribution in [0, 0.1) is 0 Å². The van der Waals surface area contributed by atoms with Crippen LogP contribution in [0.2, 0.25) is 5.02 Å². The summed E-state index contributed by atoms with van der Waals surface area (Å²) in [6.45, 7) is -1.64. The molecule has 0 atom stereocenters. The van der Waals surface area contributed by atoms with Crippen molar-refractivity contribution in [3.05, 3.63) is 23.2 Å². The molecule has 8 heteroatoms. The second-order valence-corrected chi connectivity index (χ2v) is 4.70. The smallest absolute Gasteiger partial charge is 0.375 e. The minimum atomic E-state index is -4.34. The third-order valence-electron chi connectivity index (χ3n) is 2.32. The van der Waals surface area contributed by atoms with E-state index in [4.69, 9.17) is 11.6 Å². The maximum absolute atomic E-state index is 11.9. The number of amides is 1. The van der Waals surface area contributed by atoms with Crippen LogP contribution in [0.25, 0.3) is 0 Å². The molecule has 2 N–H and O–H groups in total. The number of anilines is 2. The summed E-state index contributed by atoms with van der Waals surface area (Å²) in [4.78, 5) is 13.3. The third kappa shape index (κ3) is 5.26. The Bertz CT molecular complexity index is 478. The van der Waals surface area contributed by atoms with E-state index in [9.17, 15) is 18.0 Å². The highest BCUT2D eigenvalue weighted by Crippen LogP contribution is 2.32. The molecule has 4 nitrogen and oxygen atoms in total. The molecule has 0 saturated heterocycles. The maximum atomic E-state index is 11.9. The number of hydrogen-bond acceptors (Lipinski definition) is 3. The molecular weight excluding hydrogens is 295 g/mol. The van der Waals surface area contributed by atoms with E-state index in [1.807, 2.05) is 5.32 Å². The van der Waals surface area contributed by atoms with Crippen LogP contribution in [0.4, 0.5) is 24.5 Å². The van der Waals surface area contributed by atoms with Crippen LogP contribution >= 0.6 is 11.6 Å². The average molecular weight is 310 g/mol. The van der Waals surface area contributed by atoms with Crippen molar-refractivity contribution in [1.29, 1.82) is 0 Å². The maximum Gasteiger partial charge on any atom is 0.401 e. The standard InChI is InChI=1S/C12H15ClF3N3O/c1-19(2)11-8(13)4-3-5-9(11)18-10(20)6-17-7-12(14,15)16/h3-5,17H,6-7H2,1-2H3,(H,18,20). The van der Waals surface area contributed by atoms with E-state index in [0.29, 0.717) is 16.4 Å². The first-order chi connectivity index (χ1) is 9.20. The van der Waals surface area contributed by atoms with Gasteiger partial charge in [0.2, 0.25) is 5.91 Å². The fraction of sp³-hybridized carbons (Fsp3) is 0.417. The van der Waals surface area contributed by atoms with Gasteiger partial charge in [-0.05, 0) is 12.1 Å². The van der Waals surface area contributed by atoms with E-state index in [-0.39, 0.29) is 0 Å². The minimum absolute atomic E-state index is 0.432. The number of hydrogen-bond donors (Lipinski definition) is 2. The van der Waals surface area contributed by atoms with Gasteiger partial charge in [0.1, 0.15) is 0 Å². The van der Waals surface area contributed by atoms with E-state index < -0.39 is 25.2 Å². The number of halogens is 4. The summed E-state index contributed by atoms with van der Waals surface area (Å²) in [5, 5.41) is 4.99. The molecule has 1 amide bonds. The van der Waals surface area contributed by atoms with Gasteiger partial charge < -0.3 is 15.5 Å². The highest BCUT2D eigenvalue weighted by atomic mass is 35.5. The molecule has 0 heterocycles. The Kier molecular flexibility index (Phi) is 5.64. The summed E-state index contributed by atoms with van der Waals surface area (Å²) >= 11 is 6.01. The van der Waals surface area contributed by atoms with Crippen LogP contribution in [0.15, 0.2) is 18.2 Å². The van der Waals surface area contributed by atoms with Crippen LogP contribution in [0.1, 0.15) is 0 Å². The lowest BCUT2D eigenvalue weighted by atomic mass is 10.2. The van der Waals surface area contributed by atoms with Gasteiger partial charge in [-0.15, -0.1) is 0 Å². The van der Waals surface area contributed by atoms with Crippen LogP contribution in [0.3, 0.4) is 0 Å². The van der Waals surface area contributed by atoms with Crippen molar-refractivity contribution < 1.29 is 18.0 Å². The molecule has 0 aliphatic heterocycles. The van der Waals surface area contributed by atoms with Crippen LogP contribution in [0.5, 0.6) is 0 Å².